The number of amides is 1. The van der Waals surface area contributed by atoms with Crippen LogP contribution >= 0.6 is 11.6 Å². The van der Waals surface area contributed by atoms with E-state index in [0.717, 1.165) is 3.97 Å². The van der Waals surface area contributed by atoms with E-state index in [1.165, 1.54) is 53.8 Å². The molecule has 1 amide bonds. The Morgan fingerprint density at radius 1 is 1.05 bits per heavy atom. The van der Waals surface area contributed by atoms with Crippen LogP contribution in [-0.2, 0) is 21.3 Å². The molecule has 0 spiro atoms. The van der Waals surface area contributed by atoms with Gasteiger partial charge in [-0.15, -0.1) is 0 Å². The first-order valence-corrected chi connectivity index (χ1v) is 15.0. The van der Waals surface area contributed by atoms with Crippen LogP contribution < -0.4 is 4.90 Å². The number of benzene rings is 2. The first kappa shape index (κ1) is 30.1. The molecule has 0 fully saturated rings. The summed E-state index contributed by atoms with van der Waals surface area (Å²) in [5.41, 5.74) is 0.0675. The van der Waals surface area contributed by atoms with Crippen LogP contribution in [0.3, 0.4) is 0 Å². The summed E-state index contributed by atoms with van der Waals surface area (Å²) in [6.07, 6.45) is 1.92. The maximum atomic E-state index is 14.5. The van der Waals surface area contributed by atoms with Gasteiger partial charge in [-0.2, -0.15) is 0 Å². The molecule has 12 heteroatoms. The number of pyridine rings is 2. The predicted molar refractivity (Wildman–Crippen MR) is 161 cm³/mol. The van der Waals surface area contributed by atoms with Crippen LogP contribution in [0.2, 0.25) is 5.02 Å². The van der Waals surface area contributed by atoms with Gasteiger partial charge < -0.3 is 9.84 Å². The molecular formula is C31H28ClFN4O5S. The fraction of sp³-hybridized carbons (Fsp3) is 0.194. The largest absolute Gasteiger partial charge is 0.443 e. The highest BCUT2D eigenvalue weighted by Crippen LogP contribution is 2.34. The number of ether oxygens (including phenoxy) is 1. The summed E-state index contributed by atoms with van der Waals surface area (Å²) in [6, 6.07) is 18.5. The van der Waals surface area contributed by atoms with E-state index in [9.17, 15) is 22.7 Å². The lowest BCUT2D eigenvalue weighted by atomic mass is 10.0. The molecule has 5 aromatic rings. The SMILES string of the molecule is CC(C)(C)OC(=O)N(Cc1ccccc1F)c1ccc(C(O)c2cn(S(=O)(=O)c3ccccc3)c3ncc(Cl)cc23)cn1. The Balaban J connectivity index is 1.52. The smallest absolute Gasteiger partial charge is 0.416 e. The third-order valence-corrected chi connectivity index (χ3v) is 8.34. The van der Waals surface area contributed by atoms with E-state index >= 15 is 0 Å². The lowest BCUT2D eigenvalue weighted by Gasteiger charge is -2.27. The normalized spacial score (nSPS) is 12.7. The van der Waals surface area contributed by atoms with Crippen LogP contribution in [0.15, 0.2) is 96.3 Å². The number of hydrogen-bond acceptors (Lipinski definition) is 7. The van der Waals surface area contributed by atoms with E-state index in [0.29, 0.717) is 10.9 Å². The summed E-state index contributed by atoms with van der Waals surface area (Å²) in [4.78, 5) is 23.0. The predicted octanol–water partition coefficient (Wildman–Crippen LogP) is 6.48. The number of aliphatic hydroxyl groups is 1. The Labute approximate surface area is 253 Å². The van der Waals surface area contributed by atoms with E-state index in [2.05, 4.69) is 9.97 Å². The highest BCUT2D eigenvalue weighted by molar-refractivity contribution is 7.90. The Kier molecular flexibility index (Phi) is 8.24. The van der Waals surface area contributed by atoms with Crippen molar-refractivity contribution in [2.24, 2.45) is 0 Å². The number of halogens is 2. The average molecular weight is 623 g/mol. The number of fused-ring (bicyclic) bond motifs is 1. The van der Waals surface area contributed by atoms with Crippen molar-refractivity contribution in [3.05, 3.63) is 119 Å². The standard InChI is InChI=1S/C31H28ClFN4O5S/c1-31(2,3)42-30(39)36(18-21-9-7-8-12-26(21)33)27-14-13-20(16-34-27)28(38)25-19-37(29-24(25)15-22(32)17-35-29)43(40,41)23-10-5-4-6-11-23/h4-17,19,28,38H,18H2,1-3H3. The number of rotatable bonds is 7. The van der Waals surface area contributed by atoms with Crippen LogP contribution in [-0.4, -0.2) is 39.2 Å². The number of aliphatic hydroxyl groups excluding tert-OH is 1. The number of carbonyl (C=O) groups excluding carboxylic acids is 1. The first-order valence-electron chi connectivity index (χ1n) is 13.2. The summed E-state index contributed by atoms with van der Waals surface area (Å²) >= 11 is 6.20. The fourth-order valence-corrected chi connectivity index (χ4v) is 5.95. The van der Waals surface area contributed by atoms with E-state index < -0.39 is 33.6 Å². The van der Waals surface area contributed by atoms with Crippen molar-refractivity contribution in [1.82, 2.24) is 13.9 Å². The van der Waals surface area contributed by atoms with Gasteiger partial charge in [-0.25, -0.2) is 31.5 Å². The van der Waals surface area contributed by atoms with Gasteiger partial charge in [0.15, 0.2) is 5.65 Å². The Morgan fingerprint density at radius 2 is 1.74 bits per heavy atom. The van der Waals surface area contributed by atoms with E-state index in [1.807, 2.05) is 0 Å². The van der Waals surface area contributed by atoms with Gasteiger partial charge in [0.05, 0.1) is 16.5 Å². The third-order valence-electron chi connectivity index (χ3n) is 6.47. The van der Waals surface area contributed by atoms with Crippen molar-refractivity contribution in [3.8, 4) is 0 Å². The second-order valence-electron chi connectivity index (χ2n) is 10.7. The second-order valence-corrected chi connectivity index (χ2v) is 13.0. The molecule has 0 aliphatic rings. The maximum absolute atomic E-state index is 14.5. The summed E-state index contributed by atoms with van der Waals surface area (Å²) in [5.74, 6) is -0.329. The van der Waals surface area contributed by atoms with E-state index in [1.54, 1.807) is 63.2 Å². The van der Waals surface area contributed by atoms with Crippen molar-refractivity contribution >= 4 is 44.6 Å². The van der Waals surface area contributed by atoms with Gasteiger partial charge in [0.2, 0.25) is 0 Å². The molecule has 0 saturated carbocycles. The Bertz CT molecular complexity index is 1890. The summed E-state index contributed by atoms with van der Waals surface area (Å²) < 4.78 is 48.0. The molecule has 0 saturated heterocycles. The van der Waals surface area contributed by atoms with Gasteiger partial charge in [-0.3, -0.25) is 4.90 Å². The van der Waals surface area contributed by atoms with E-state index in [4.69, 9.17) is 16.3 Å². The Hall–Kier alpha value is -4.32. The summed E-state index contributed by atoms with van der Waals surface area (Å²) in [5, 5.41) is 12.0. The molecule has 9 nitrogen and oxygen atoms in total. The summed E-state index contributed by atoms with van der Waals surface area (Å²) in [6.45, 7) is 5.00. The van der Waals surface area contributed by atoms with Crippen molar-refractivity contribution in [3.63, 3.8) is 0 Å². The minimum Gasteiger partial charge on any atom is -0.443 e. The van der Waals surface area contributed by atoms with Gasteiger partial charge in [0.1, 0.15) is 23.3 Å². The highest BCUT2D eigenvalue weighted by atomic mass is 35.5. The average Bonchev–Trinajstić information content (AvgIpc) is 3.35. The minimum absolute atomic E-state index is 0.0489. The molecule has 0 radical (unpaired) electrons. The molecule has 3 heterocycles. The highest BCUT2D eigenvalue weighted by Gasteiger charge is 2.28. The molecule has 1 N–H and O–H groups in total. The van der Waals surface area contributed by atoms with Crippen molar-refractivity contribution in [2.45, 2.75) is 43.9 Å². The Morgan fingerprint density at radius 3 is 2.40 bits per heavy atom. The summed E-state index contributed by atoms with van der Waals surface area (Å²) in [7, 11) is -4.05. The van der Waals surface area contributed by atoms with Gasteiger partial charge >= 0.3 is 6.09 Å². The van der Waals surface area contributed by atoms with Gasteiger partial charge in [0.25, 0.3) is 10.0 Å². The first-order chi connectivity index (χ1) is 20.3. The van der Waals surface area contributed by atoms with Crippen molar-refractivity contribution in [2.75, 3.05) is 4.90 Å². The second kappa shape index (κ2) is 11.8. The zero-order valence-corrected chi connectivity index (χ0v) is 25.1. The van der Waals surface area contributed by atoms with Crippen LogP contribution in [0.5, 0.6) is 0 Å². The van der Waals surface area contributed by atoms with E-state index in [-0.39, 0.29) is 39.1 Å². The molecule has 1 atom stereocenters. The van der Waals surface area contributed by atoms with Crippen LogP contribution in [0.4, 0.5) is 15.0 Å². The fourth-order valence-electron chi connectivity index (χ4n) is 4.44. The molecule has 3 aromatic heterocycles. The molecule has 5 rings (SSSR count). The van der Waals surface area contributed by atoms with Crippen LogP contribution in [0.25, 0.3) is 11.0 Å². The number of nitrogens with zero attached hydrogens (tertiary/aromatic N) is 4. The van der Waals surface area contributed by atoms with Crippen LogP contribution in [0, 0.1) is 5.82 Å². The molecule has 1 unspecified atom stereocenters. The lowest BCUT2D eigenvalue weighted by molar-refractivity contribution is 0.0576. The monoisotopic (exact) mass is 622 g/mol. The molecule has 0 aliphatic heterocycles. The number of carbonyl (C=O) groups is 1. The van der Waals surface area contributed by atoms with Crippen LogP contribution in [0.1, 0.15) is 43.6 Å². The zero-order valence-electron chi connectivity index (χ0n) is 23.5. The molecule has 0 aliphatic carbocycles. The molecule has 2 aromatic carbocycles. The quantitative estimate of drug-likeness (QED) is 0.221. The topological polar surface area (TPSA) is 115 Å². The molecular weight excluding hydrogens is 595 g/mol. The van der Waals surface area contributed by atoms with Crippen molar-refractivity contribution < 1.29 is 27.4 Å². The van der Waals surface area contributed by atoms with Crippen molar-refractivity contribution in [1.29, 1.82) is 0 Å². The van der Waals surface area contributed by atoms with Gasteiger partial charge in [-0.05, 0) is 51.1 Å². The van der Waals surface area contributed by atoms with Gasteiger partial charge in [0, 0.05) is 40.7 Å². The third kappa shape index (κ3) is 6.38. The maximum Gasteiger partial charge on any atom is 0.416 e. The lowest BCUT2D eigenvalue weighted by Crippen LogP contribution is -2.37. The number of anilines is 1. The van der Waals surface area contributed by atoms with Gasteiger partial charge in [-0.1, -0.05) is 54.1 Å². The number of aromatic nitrogens is 3. The molecule has 43 heavy (non-hydrogen) atoms. The zero-order chi connectivity index (χ0) is 30.9. The number of hydrogen-bond donors (Lipinski definition) is 1. The minimum atomic E-state index is -4.05. The molecule has 0 bridgehead atoms. The molecule has 222 valence electrons.